The fraction of sp³-hybridized carbons (Fsp3) is 0.643. The van der Waals surface area contributed by atoms with Gasteiger partial charge in [0, 0.05) is 39.1 Å². The van der Waals surface area contributed by atoms with Crippen LogP contribution in [0.25, 0.3) is 0 Å². The lowest BCUT2D eigenvalue weighted by atomic mass is 10.2. The zero-order valence-electron chi connectivity index (χ0n) is 11.9. The van der Waals surface area contributed by atoms with Crippen LogP contribution >= 0.6 is 0 Å². The van der Waals surface area contributed by atoms with E-state index in [0.717, 1.165) is 32.1 Å². The summed E-state index contributed by atoms with van der Waals surface area (Å²) < 4.78 is 7.64. The van der Waals surface area contributed by atoms with Gasteiger partial charge in [-0.3, -0.25) is 0 Å². The second kappa shape index (κ2) is 7.19. The molecule has 0 amide bonds. The van der Waals surface area contributed by atoms with Crippen molar-refractivity contribution in [3.8, 4) is 0 Å². The highest BCUT2D eigenvalue weighted by atomic mass is 16.5. The van der Waals surface area contributed by atoms with Gasteiger partial charge in [0.05, 0.1) is 12.6 Å². The predicted octanol–water partition coefficient (Wildman–Crippen LogP) is 1.26. The van der Waals surface area contributed by atoms with Crippen molar-refractivity contribution in [3.63, 3.8) is 0 Å². The Morgan fingerprint density at radius 1 is 1.53 bits per heavy atom. The Kier molecular flexibility index (Phi) is 5.27. The summed E-state index contributed by atoms with van der Waals surface area (Å²) in [7, 11) is 2.02. The summed E-state index contributed by atoms with van der Waals surface area (Å²) >= 11 is 0. The van der Waals surface area contributed by atoms with Gasteiger partial charge in [-0.2, -0.15) is 0 Å². The Hall–Kier alpha value is -1.49. The number of aliphatic imine (C=N–C) groups is 1. The molecule has 2 heterocycles. The van der Waals surface area contributed by atoms with E-state index in [9.17, 15) is 0 Å². The molecule has 2 rings (SSSR count). The summed E-state index contributed by atoms with van der Waals surface area (Å²) in [6, 6.07) is 2.09. The van der Waals surface area contributed by atoms with Crippen LogP contribution in [0.3, 0.4) is 0 Å². The summed E-state index contributed by atoms with van der Waals surface area (Å²) in [4.78, 5) is 4.58. The van der Waals surface area contributed by atoms with Crippen molar-refractivity contribution >= 4 is 5.96 Å². The quantitative estimate of drug-likeness (QED) is 0.622. The number of nitrogens with one attached hydrogen (secondary N) is 2. The van der Waals surface area contributed by atoms with Crippen molar-refractivity contribution in [3.05, 3.63) is 24.0 Å². The number of rotatable bonds is 5. The summed E-state index contributed by atoms with van der Waals surface area (Å²) in [5.74, 6) is 0.863. The second-order valence-corrected chi connectivity index (χ2v) is 4.90. The fourth-order valence-corrected chi connectivity index (χ4v) is 2.18. The largest absolute Gasteiger partial charge is 0.376 e. The molecule has 1 aliphatic rings. The maximum absolute atomic E-state index is 5.60. The minimum atomic E-state index is 0.334. The molecule has 1 fully saturated rings. The van der Waals surface area contributed by atoms with Crippen LogP contribution in [0.4, 0.5) is 0 Å². The van der Waals surface area contributed by atoms with Crippen LogP contribution in [0, 0.1) is 0 Å². The van der Waals surface area contributed by atoms with Crippen LogP contribution in [0.1, 0.15) is 25.3 Å². The number of guanidine groups is 1. The van der Waals surface area contributed by atoms with Crippen molar-refractivity contribution in [1.29, 1.82) is 0 Å². The molecule has 0 bridgehead atoms. The standard InChI is InChI=1S/C14H24N4O/c1-3-15-14(17-10-13-5-4-8-19-13)16-9-12-6-7-18(2)11-12/h6-7,11,13H,3-5,8-10H2,1-2H3,(H2,15,16,17). The van der Waals surface area contributed by atoms with Crippen molar-refractivity contribution in [2.75, 3.05) is 19.7 Å². The van der Waals surface area contributed by atoms with Gasteiger partial charge in [-0.05, 0) is 31.4 Å². The first-order chi connectivity index (χ1) is 9.28. The SMILES string of the molecule is CCNC(=NCc1ccn(C)c1)NCC1CCCO1. The molecule has 5 heteroatoms. The molecule has 0 aliphatic carbocycles. The normalized spacial score (nSPS) is 19.7. The van der Waals surface area contributed by atoms with Gasteiger partial charge >= 0.3 is 0 Å². The number of nitrogens with zero attached hydrogens (tertiary/aromatic N) is 2. The lowest BCUT2D eigenvalue weighted by Crippen LogP contribution is -2.41. The molecular weight excluding hydrogens is 240 g/mol. The zero-order chi connectivity index (χ0) is 13.5. The third-order valence-corrected chi connectivity index (χ3v) is 3.18. The van der Waals surface area contributed by atoms with E-state index < -0.39 is 0 Å². The Balaban J connectivity index is 1.83. The highest BCUT2D eigenvalue weighted by Gasteiger charge is 2.15. The van der Waals surface area contributed by atoms with Crippen LogP contribution in [0.5, 0.6) is 0 Å². The first-order valence-electron chi connectivity index (χ1n) is 7.02. The molecule has 1 atom stereocenters. The van der Waals surface area contributed by atoms with Crippen molar-refractivity contribution in [2.45, 2.75) is 32.4 Å². The van der Waals surface area contributed by atoms with Gasteiger partial charge in [0.1, 0.15) is 0 Å². The fourth-order valence-electron chi connectivity index (χ4n) is 2.18. The van der Waals surface area contributed by atoms with Gasteiger partial charge in [-0.1, -0.05) is 0 Å². The molecule has 5 nitrogen and oxygen atoms in total. The number of hydrogen-bond acceptors (Lipinski definition) is 2. The minimum absolute atomic E-state index is 0.334. The average molecular weight is 264 g/mol. The van der Waals surface area contributed by atoms with Crippen LogP contribution in [-0.2, 0) is 18.3 Å². The van der Waals surface area contributed by atoms with E-state index in [1.165, 1.54) is 12.0 Å². The van der Waals surface area contributed by atoms with Crippen LogP contribution < -0.4 is 10.6 Å². The highest BCUT2D eigenvalue weighted by molar-refractivity contribution is 5.79. The van der Waals surface area contributed by atoms with Gasteiger partial charge in [0.25, 0.3) is 0 Å². The van der Waals surface area contributed by atoms with E-state index in [4.69, 9.17) is 4.74 Å². The zero-order valence-corrected chi connectivity index (χ0v) is 11.9. The van der Waals surface area contributed by atoms with Crippen molar-refractivity contribution < 1.29 is 4.74 Å². The van der Waals surface area contributed by atoms with Crippen LogP contribution in [-0.4, -0.2) is 36.3 Å². The molecule has 1 aliphatic heterocycles. The minimum Gasteiger partial charge on any atom is -0.376 e. The van der Waals surface area contributed by atoms with E-state index in [0.29, 0.717) is 12.6 Å². The molecule has 1 aromatic rings. The summed E-state index contributed by atoms with van der Waals surface area (Å²) in [6.45, 7) is 5.37. The maximum Gasteiger partial charge on any atom is 0.191 e. The average Bonchev–Trinajstić information content (AvgIpc) is 3.04. The van der Waals surface area contributed by atoms with Crippen molar-refractivity contribution in [1.82, 2.24) is 15.2 Å². The molecule has 0 aromatic carbocycles. The molecule has 0 spiro atoms. The predicted molar refractivity (Wildman–Crippen MR) is 77.2 cm³/mol. The Morgan fingerprint density at radius 2 is 2.42 bits per heavy atom. The highest BCUT2D eigenvalue weighted by Crippen LogP contribution is 2.10. The topological polar surface area (TPSA) is 50.6 Å². The Bertz CT molecular complexity index is 407. The number of aromatic nitrogens is 1. The van der Waals surface area contributed by atoms with E-state index in [1.54, 1.807) is 0 Å². The Labute approximate surface area is 115 Å². The lowest BCUT2D eigenvalue weighted by Gasteiger charge is -2.14. The van der Waals surface area contributed by atoms with Gasteiger partial charge in [0.2, 0.25) is 0 Å². The van der Waals surface area contributed by atoms with Gasteiger partial charge < -0.3 is 19.9 Å². The molecule has 0 saturated carbocycles. The molecule has 1 aromatic heterocycles. The molecule has 0 radical (unpaired) electrons. The van der Waals surface area contributed by atoms with E-state index in [2.05, 4.69) is 34.8 Å². The Morgan fingerprint density at radius 3 is 3.05 bits per heavy atom. The van der Waals surface area contributed by atoms with Crippen LogP contribution in [0.15, 0.2) is 23.5 Å². The molecule has 1 saturated heterocycles. The maximum atomic E-state index is 5.60. The number of ether oxygens (including phenoxy) is 1. The molecule has 106 valence electrons. The number of aryl methyl sites for hydroxylation is 1. The number of hydrogen-bond donors (Lipinski definition) is 2. The van der Waals surface area contributed by atoms with Crippen LogP contribution in [0.2, 0.25) is 0 Å². The molecule has 19 heavy (non-hydrogen) atoms. The summed E-state index contributed by atoms with van der Waals surface area (Å²) in [6.07, 6.45) is 6.78. The van der Waals surface area contributed by atoms with Gasteiger partial charge in [-0.25, -0.2) is 4.99 Å². The van der Waals surface area contributed by atoms with E-state index in [-0.39, 0.29) is 0 Å². The molecular formula is C14H24N4O. The first kappa shape index (κ1) is 13.9. The third-order valence-electron chi connectivity index (χ3n) is 3.18. The lowest BCUT2D eigenvalue weighted by molar-refractivity contribution is 0.114. The smallest absolute Gasteiger partial charge is 0.191 e. The third kappa shape index (κ3) is 4.59. The van der Waals surface area contributed by atoms with Gasteiger partial charge in [0.15, 0.2) is 5.96 Å². The van der Waals surface area contributed by atoms with Gasteiger partial charge in [-0.15, -0.1) is 0 Å². The monoisotopic (exact) mass is 264 g/mol. The molecule has 2 N–H and O–H groups in total. The molecule has 1 unspecified atom stereocenters. The summed E-state index contributed by atoms with van der Waals surface area (Å²) in [5, 5.41) is 6.61. The first-order valence-corrected chi connectivity index (χ1v) is 7.02. The summed E-state index contributed by atoms with van der Waals surface area (Å²) in [5.41, 5.74) is 1.22. The van der Waals surface area contributed by atoms with E-state index in [1.807, 2.05) is 17.8 Å². The second-order valence-electron chi connectivity index (χ2n) is 4.90. The van der Waals surface area contributed by atoms with E-state index >= 15 is 0 Å². The van der Waals surface area contributed by atoms with Crippen molar-refractivity contribution in [2.24, 2.45) is 12.0 Å².